The van der Waals surface area contributed by atoms with E-state index < -0.39 is 28.6 Å². The van der Waals surface area contributed by atoms with Crippen LogP contribution in [0.1, 0.15) is 64.7 Å². The first kappa shape index (κ1) is 20.4. The quantitative estimate of drug-likeness (QED) is 0.291. The van der Waals surface area contributed by atoms with E-state index in [-0.39, 0.29) is 0 Å². The lowest BCUT2D eigenvalue weighted by atomic mass is 10.1. The van der Waals surface area contributed by atoms with Crippen LogP contribution < -0.4 is 0 Å². The fraction of sp³-hybridized carbons (Fsp3) is 0.867. The normalized spacial score (nSPS) is 13.1. The second-order valence-electron chi connectivity index (χ2n) is 5.43. The van der Waals surface area contributed by atoms with E-state index in [2.05, 4.69) is 13.5 Å². The zero-order valence-corrected chi connectivity index (χ0v) is 13.9. The van der Waals surface area contributed by atoms with Crippen molar-refractivity contribution >= 4 is 10.1 Å². The van der Waals surface area contributed by atoms with Gasteiger partial charge in [-0.3, -0.25) is 4.55 Å². The van der Waals surface area contributed by atoms with Crippen LogP contribution in [0.3, 0.4) is 0 Å². The summed E-state index contributed by atoms with van der Waals surface area (Å²) in [5.41, 5.74) is 0. The van der Waals surface area contributed by atoms with Gasteiger partial charge in [0.1, 0.15) is 11.9 Å². The molecule has 2 N–H and O–H groups in total. The average Bonchev–Trinajstić information content (AvgIpc) is 2.39. The maximum atomic E-state index is 10.7. The Morgan fingerprint density at radius 3 is 2.10 bits per heavy atom. The Morgan fingerprint density at radius 2 is 1.62 bits per heavy atom. The van der Waals surface area contributed by atoms with E-state index in [4.69, 9.17) is 14.4 Å². The van der Waals surface area contributed by atoms with Crippen LogP contribution in [0.15, 0.2) is 12.3 Å². The molecule has 0 aliphatic heterocycles. The fourth-order valence-electron chi connectivity index (χ4n) is 2.11. The molecule has 0 aromatic carbocycles. The lowest BCUT2D eigenvalue weighted by Crippen LogP contribution is -2.27. The standard InChI is InChI=1S/C15H30O5S/c1-3-4-5-6-7-8-9-10-11-14(2)20-15(12-16)13-21(17,18)19/h15-16H,2-13H2,1H3,(H,17,18,19). The van der Waals surface area contributed by atoms with Gasteiger partial charge in [0.25, 0.3) is 10.1 Å². The molecule has 0 saturated carbocycles. The second-order valence-corrected chi connectivity index (χ2v) is 6.93. The molecule has 0 saturated heterocycles. The summed E-state index contributed by atoms with van der Waals surface area (Å²) in [7, 11) is -4.15. The molecule has 126 valence electrons. The van der Waals surface area contributed by atoms with E-state index in [0.29, 0.717) is 12.2 Å². The summed E-state index contributed by atoms with van der Waals surface area (Å²) in [5, 5.41) is 9.01. The summed E-state index contributed by atoms with van der Waals surface area (Å²) < 4.78 is 35.4. The van der Waals surface area contributed by atoms with Gasteiger partial charge < -0.3 is 9.84 Å². The molecule has 6 heteroatoms. The third kappa shape index (κ3) is 14.1. The van der Waals surface area contributed by atoms with Gasteiger partial charge in [0.15, 0.2) is 0 Å². The van der Waals surface area contributed by atoms with E-state index in [1.54, 1.807) is 0 Å². The van der Waals surface area contributed by atoms with Gasteiger partial charge in [0.2, 0.25) is 0 Å². The van der Waals surface area contributed by atoms with Crippen molar-refractivity contribution in [2.45, 2.75) is 70.8 Å². The van der Waals surface area contributed by atoms with Crippen molar-refractivity contribution in [2.24, 2.45) is 0 Å². The summed E-state index contributed by atoms with van der Waals surface area (Å²) in [5.74, 6) is -0.149. The summed E-state index contributed by atoms with van der Waals surface area (Å²) >= 11 is 0. The molecule has 0 heterocycles. The maximum Gasteiger partial charge on any atom is 0.268 e. The third-order valence-electron chi connectivity index (χ3n) is 3.24. The molecule has 0 aromatic rings. The van der Waals surface area contributed by atoms with Crippen molar-refractivity contribution in [3.8, 4) is 0 Å². The van der Waals surface area contributed by atoms with Gasteiger partial charge >= 0.3 is 0 Å². The number of allylic oxidation sites excluding steroid dienone is 1. The Bertz CT molecular complexity index is 364. The molecular weight excluding hydrogens is 292 g/mol. The summed E-state index contributed by atoms with van der Waals surface area (Å²) in [6.45, 7) is 5.46. The number of rotatable bonds is 14. The van der Waals surface area contributed by atoms with Gasteiger partial charge in [-0.05, 0) is 6.42 Å². The van der Waals surface area contributed by atoms with Crippen molar-refractivity contribution < 1.29 is 22.8 Å². The predicted molar refractivity (Wildman–Crippen MR) is 84.7 cm³/mol. The monoisotopic (exact) mass is 322 g/mol. The minimum Gasteiger partial charge on any atom is -0.492 e. The molecule has 0 aliphatic rings. The van der Waals surface area contributed by atoms with Crippen molar-refractivity contribution in [2.75, 3.05) is 12.4 Å². The van der Waals surface area contributed by atoms with Gasteiger partial charge in [-0.2, -0.15) is 8.42 Å². The molecule has 0 spiro atoms. The van der Waals surface area contributed by atoms with Crippen LogP contribution in [-0.2, 0) is 14.9 Å². The van der Waals surface area contributed by atoms with E-state index >= 15 is 0 Å². The molecule has 0 radical (unpaired) electrons. The zero-order valence-electron chi connectivity index (χ0n) is 13.1. The van der Waals surface area contributed by atoms with Gasteiger partial charge in [0.05, 0.1) is 12.4 Å². The van der Waals surface area contributed by atoms with Crippen LogP contribution in [0.5, 0.6) is 0 Å². The lowest BCUT2D eigenvalue weighted by Gasteiger charge is -2.17. The van der Waals surface area contributed by atoms with Crippen molar-refractivity contribution in [1.29, 1.82) is 0 Å². The van der Waals surface area contributed by atoms with Gasteiger partial charge in [-0.1, -0.05) is 58.4 Å². The highest BCUT2D eigenvalue weighted by Gasteiger charge is 2.18. The van der Waals surface area contributed by atoms with E-state index in [1.807, 2.05) is 0 Å². The Morgan fingerprint density at radius 1 is 1.10 bits per heavy atom. The van der Waals surface area contributed by atoms with E-state index in [9.17, 15) is 8.42 Å². The second kappa shape index (κ2) is 12.0. The summed E-state index contributed by atoms with van der Waals surface area (Å²) in [6.07, 6.45) is 9.33. The Labute approximate surface area is 129 Å². The number of aliphatic hydroxyl groups is 1. The highest BCUT2D eigenvalue weighted by molar-refractivity contribution is 7.85. The van der Waals surface area contributed by atoms with E-state index in [1.165, 1.54) is 38.5 Å². The molecule has 0 aliphatic carbocycles. The number of hydrogen-bond donors (Lipinski definition) is 2. The van der Waals surface area contributed by atoms with Gasteiger partial charge in [0, 0.05) is 6.42 Å². The number of aliphatic hydroxyl groups excluding tert-OH is 1. The average molecular weight is 322 g/mol. The van der Waals surface area contributed by atoms with Crippen molar-refractivity contribution in [1.82, 2.24) is 0 Å². The Hall–Kier alpha value is -0.590. The summed E-state index contributed by atoms with van der Waals surface area (Å²) in [4.78, 5) is 0. The minimum absolute atomic E-state index is 0.462. The highest BCUT2D eigenvalue weighted by Crippen LogP contribution is 2.14. The third-order valence-corrected chi connectivity index (χ3v) is 4.04. The molecule has 5 nitrogen and oxygen atoms in total. The first-order valence-corrected chi connectivity index (χ1v) is 9.40. The predicted octanol–water partition coefficient (Wildman–Crippen LogP) is 3.30. The number of unbranched alkanes of at least 4 members (excludes halogenated alkanes) is 7. The molecule has 0 bridgehead atoms. The topological polar surface area (TPSA) is 83.8 Å². The minimum atomic E-state index is -4.15. The lowest BCUT2D eigenvalue weighted by molar-refractivity contribution is 0.0689. The first-order valence-electron chi connectivity index (χ1n) is 7.79. The SMILES string of the molecule is C=C(CCCCCCCCCC)OC(CO)CS(=O)(=O)O. The van der Waals surface area contributed by atoms with Crippen LogP contribution in [0.25, 0.3) is 0 Å². The summed E-state index contributed by atoms with van der Waals surface area (Å²) in [6, 6.07) is 0. The van der Waals surface area contributed by atoms with Crippen LogP contribution in [0.4, 0.5) is 0 Å². The smallest absolute Gasteiger partial charge is 0.268 e. The van der Waals surface area contributed by atoms with Crippen LogP contribution in [0, 0.1) is 0 Å². The molecule has 21 heavy (non-hydrogen) atoms. The number of ether oxygens (including phenoxy) is 1. The Kier molecular flexibility index (Phi) is 11.7. The van der Waals surface area contributed by atoms with Crippen molar-refractivity contribution in [3.63, 3.8) is 0 Å². The molecule has 1 unspecified atom stereocenters. The molecular formula is C15H30O5S. The highest BCUT2D eigenvalue weighted by atomic mass is 32.2. The first-order chi connectivity index (χ1) is 9.89. The van der Waals surface area contributed by atoms with Gasteiger partial charge in [-0.25, -0.2) is 0 Å². The van der Waals surface area contributed by atoms with Crippen LogP contribution in [0.2, 0.25) is 0 Å². The molecule has 0 aromatic heterocycles. The van der Waals surface area contributed by atoms with Crippen LogP contribution >= 0.6 is 0 Å². The molecule has 0 fully saturated rings. The number of hydrogen-bond acceptors (Lipinski definition) is 4. The maximum absolute atomic E-state index is 10.7. The molecule has 0 rings (SSSR count). The van der Waals surface area contributed by atoms with Crippen molar-refractivity contribution in [3.05, 3.63) is 12.3 Å². The largest absolute Gasteiger partial charge is 0.492 e. The molecule has 0 amide bonds. The zero-order chi connectivity index (χ0) is 16.1. The fourth-order valence-corrected chi connectivity index (χ4v) is 2.75. The molecule has 1 atom stereocenters. The van der Waals surface area contributed by atoms with Gasteiger partial charge in [-0.15, -0.1) is 0 Å². The van der Waals surface area contributed by atoms with E-state index in [0.717, 1.165) is 12.8 Å². The Balaban J connectivity index is 3.65. The van der Waals surface area contributed by atoms with Crippen LogP contribution in [-0.4, -0.2) is 36.5 Å².